The monoisotopic (exact) mass is 308 g/mol. The van der Waals surface area contributed by atoms with Crippen LogP contribution < -0.4 is 10.5 Å². The number of para-hydroxylation sites is 1. The van der Waals surface area contributed by atoms with Crippen molar-refractivity contribution in [3.63, 3.8) is 0 Å². The molecule has 3 heteroatoms. The fourth-order valence-electron chi connectivity index (χ4n) is 4.08. The average molecular weight is 308 g/mol. The van der Waals surface area contributed by atoms with Crippen LogP contribution in [-0.4, -0.2) is 17.5 Å². The molecule has 23 heavy (non-hydrogen) atoms. The second-order valence-electron chi connectivity index (χ2n) is 6.64. The van der Waals surface area contributed by atoms with Crippen molar-refractivity contribution in [1.29, 1.82) is 0 Å². The summed E-state index contributed by atoms with van der Waals surface area (Å²) in [7, 11) is 0. The quantitative estimate of drug-likeness (QED) is 0.918. The summed E-state index contributed by atoms with van der Waals surface area (Å²) in [4.78, 5) is 2.62. The molecule has 0 aromatic heterocycles. The predicted molar refractivity (Wildman–Crippen MR) is 92.6 cm³/mol. The molecule has 1 heterocycles. The Bertz CT molecular complexity index is 665. The van der Waals surface area contributed by atoms with Crippen molar-refractivity contribution in [2.45, 2.75) is 44.3 Å². The summed E-state index contributed by atoms with van der Waals surface area (Å²) in [5.41, 5.74) is 8.89. The predicted octanol–water partition coefficient (Wildman–Crippen LogP) is 4.24. The normalized spacial score (nSPS) is 21.5. The van der Waals surface area contributed by atoms with E-state index in [0.717, 1.165) is 18.0 Å². The first-order chi connectivity index (χ1) is 11.3. The van der Waals surface area contributed by atoms with Gasteiger partial charge in [-0.15, -0.1) is 0 Å². The fraction of sp³-hybridized carbons (Fsp3) is 0.400. The zero-order chi connectivity index (χ0) is 15.6. The number of rotatable bonds is 4. The van der Waals surface area contributed by atoms with Gasteiger partial charge in [0.2, 0.25) is 0 Å². The van der Waals surface area contributed by atoms with E-state index in [1.165, 1.54) is 36.8 Å². The molecule has 0 spiro atoms. The Morgan fingerprint density at radius 1 is 1.00 bits per heavy atom. The summed E-state index contributed by atoms with van der Waals surface area (Å²) in [6, 6.07) is 17.5. The summed E-state index contributed by atoms with van der Waals surface area (Å²) in [5.74, 6) is 1.78. The van der Waals surface area contributed by atoms with Crippen molar-refractivity contribution >= 4 is 0 Å². The standard InChI is InChI=1S/C20H24N2O/c21-13-20-19-12-18(23-17-8-2-1-3-9-17)11-10-15(19)14-22(20)16-6-4-5-7-16/h1-3,8-12,16,20H,4-7,13-14,21H2. The van der Waals surface area contributed by atoms with Crippen molar-refractivity contribution in [3.8, 4) is 11.5 Å². The van der Waals surface area contributed by atoms with Crippen LogP contribution in [-0.2, 0) is 6.54 Å². The smallest absolute Gasteiger partial charge is 0.127 e. The molecule has 1 fully saturated rings. The molecule has 0 bridgehead atoms. The molecule has 120 valence electrons. The van der Waals surface area contributed by atoms with Crippen LogP contribution in [0, 0.1) is 0 Å². The third-order valence-corrected chi connectivity index (χ3v) is 5.23. The number of fused-ring (bicyclic) bond motifs is 1. The lowest BCUT2D eigenvalue weighted by Crippen LogP contribution is -2.35. The molecule has 2 aliphatic rings. The minimum absolute atomic E-state index is 0.340. The van der Waals surface area contributed by atoms with Gasteiger partial charge in [-0.3, -0.25) is 4.90 Å². The summed E-state index contributed by atoms with van der Waals surface area (Å²) in [6.07, 6.45) is 5.35. The highest BCUT2D eigenvalue weighted by atomic mass is 16.5. The second kappa shape index (κ2) is 6.34. The lowest BCUT2D eigenvalue weighted by Gasteiger charge is -2.30. The van der Waals surface area contributed by atoms with Crippen molar-refractivity contribution in [2.75, 3.05) is 6.54 Å². The molecule has 2 N–H and O–H groups in total. The first-order valence-electron chi connectivity index (χ1n) is 8.66. The van der Waals surface area contributed by atoms with E-state index in [-0.39, 0.29) is 0 Å². The highest BCUT2D eigenvalue weighted by molar-refractivity contribution is 5.42. The number of hydrogen-bond acceptors (Lipinski definition) is 3. The van der Waals surface area contributed by atoms with Gasteiger partial charge in [0.15, 0.2) is 0 Å². The van der Waals surface area contributed by atoms with E-state index < -0.39 is 0 Å². The maximum absolute atomic E-state index is 6.13. The van der Waals surface area contributed by atoms with Gasteiger partial charge in [0.05, 0.1) is 0 Å². The largest absolute Gasteiger partial charge is 0.457 e. The Morgan fingerprint density at radius 3 is 2.52 bits per heavy atom. The van der Waals surface area contributed by atoms with E-state index in [9.17, 15) is 0 Å². The zero-order valence-electron chi connectivity index (χ0n) is 13.4. The van der Waals surface area contributed by atoms with E-state index in [1.54, 1.807) is 0 Å². The first kappa shape index (κ1) is 14.7. The van der Waals surface area contributed by atoms with Crippen LogP contribution in [0.25, 0.3) is 0 Å². The van der Waals surface area contributed by atoms with Crippen LogP contribution in [0.2, 0.25) is 0 Å². The highest BCUT2D eigenvalue weighted by Crippen LogP contribution is 2.40. The lowest BCUT2D eigenvalue weighted by molar-refractivity contribution is 0.152. The first-order valence-corrected chi connectivity index (χ1v) is 8.66. The third kappa shape index (κ3) is 2.87. The molecule has 0 saturated heterocycles. The van der Waals surface area contributed by atoms with Crippen molar-refractivity contribution in [1.82, 2.24) is 4.90 Å². The second-order valence-corrected chi connectivity index (χ2v) is 6.64. The number of benzene rings is 2. The van der Waals surface area contributed by atoms with E-state index in [2.05, 4.69) is 23.1 Å². The van der Waals surface area contributed by atoms with Gasteiger partial charge in [-0.1, -0.05) is 37.1 Å². The number of nitrogens with zero attached hydrogens (tertiary/aromatic N) is 1. The fourth-order valence-corrected chi connectivity index (χ4v) is 4.08. The molecule has 0 radical (unpaired) electrons. The van der Waals surface area contributed by atoms with Gasteiger partial charge in [0, 0.05) is 25.2 Å². The van der Waals surface area contributed by atoms with Crippen molar-refractivity contribution < 1.29 is 4.74 Å². The maximum atomic E-state index is 6.13. The number of hydrogen-bond donors (Lipinski definition) is 1. The van der Waals surface area contributed by atoms with Gasteiger partial charge in [-0.25, -0.2) is 0 Å². The van der Waals surface area contributed by atoms with Crippen LogP contribution in [0.3, 0.4) is 0 Å². The Hall–Kier alpha value is -1.84. The average Bonchev–Trinajstić information content (AvgIpc) is 3.22. The molecular weight excluding hydrogens is 284 g/mol. The highest BCUT2D eigenvalue weighted by Gasteiger charge is 2.35. The molecule has 4 rings (SSSR count). The minimum Gasteiger partial charge on any atom is -0.457 e. The Morgan fingerprint density at radius 2 is 1.78 bits per heavy atom. The molecule has 1 aliphatic heterocycles. The summed E-state index contributed by atoms with van der Waals surface area (Å²) < 4.78 is 6.00. The Kier molecular flexibility index (Phi) is 4.06. The molecule has 1 saturated carbocycles. The topological polar surface area (TPSA) is 38.5 Å². The minimum atomic E-state index is 0.340. The van der Waals surface area contributed by atoms with Gasteiger partial charge < -0.3 is 10.5 Å². The molecule has 1 aliphatic carbocycles. The molecular formula is C20H24N2O. The van der Waals surface area contributed by atoms with E-state index in [0.29, 0.717) is 18.6 Å². The van der Waals surface area contributed by atoms with Gasteiger partial charge in [0.25, 0.3) is 0 Å². The van der Waals surface area contributed by atoms with Crippen LogP contribution in [0.5, 0.6) is 11.5 Å². The van der Waals surface area contributed by atoms with Crippen LogP contribution in [0.4, 0.5) is 0 Å². The summed E-state index contributed by atoms with van der Waals surface area (Å²) in [5, 5.41) is 0. The van der Waals surface area contributed by atoms with Gasteiger partial charge >= 0.3 is 0 Å². The van der Waals surface area contributed by atoms with Crippen LogP contribution in [0.15, 0.2) is 48.5 Å². The lowest BCUT2D eigenvalue weighted by atomic mass is 10.0. The number of nitrogens with two attached hydrogens (primary N) is 1. The molecule has 2 aromatic carbocycles. The molecule has 1 atom stereocenters. The van der Waals surface area contributed by atoms with E-state index in [4.69, 9.17) is 10.5 Å². The summed E-state index contributed by atoms with van der Waals surface area (Å²) in [6.45, 7) is 1.71. The Balaban J connectivity index is 1.58. The van der Waals surface area contributed by atoms with Crippen molar-refractivity contribution in [2.24, 2.45) is 5.73 Å². The van der Waals surface area contributed by atoms with Crippen molar-refractivity contribution in [3.05, 3.63) is 59.7 Å². The summed E-state index contributed by atoms with van der Waals surface area (Å²) >= 11 is 0. The molecule has 1 unspecified atom stereocenters. The molecule has 3 nitrogen and oxygen atoms in total. The molecule has 0 amide bonds. The molecule has 2 aromatic rings. The Labute approximate surface area is 138 Å². The van der Waals surface area contributed by atoms with E-state index >= 15 is 0 Å². The van der Waals surface area contributed by atoms with Gasteiger partial charge in [0.1, 0.15) is 11.5 Å². The van der Waals surface area contributed by atoms with E-state index in [1.807, 2.05) is 30.3 Å². The maximum Gasteiger partial charge on any atom is 0.127 e. The number of ether oxygens (including phenoxy) is 1. The SMILES string of the molecule is NCC1c2cc(Oc3ccccc3)ccc2CN1C1CCCC1. The van der Waals surface area contributed by atoms with Gasteiger partial charge in [-0.2, -0.15) is 0 Å². The van der Waals surface area contributed by atoms with Crippen LogP contribution >= 0.6 is 0 Å². The van der Waals surface area contributed by atoms with Crippen LogP contribution in [0.1, 0.15) is 42.9 Å². The zero-order valence-corrected chi connectivity index (χ0v) is 13.4. The third-order valence-electron chi connectivity index (χ3n) is 5.23. The van der Waals surface area contributed by atoms with Gasteiger partial charge in [-0.05, 0) is 48.2 Å².